The van der Waals surface area contributed by atoms with Crippen molar-refractivity contribution < 1.29 is 9.32 Å². The predicted molar refractivity (Wildman–Crippen MR) is 75.5 cm³/mol. The molecule has 1 aliphatic heterocycles. The average Bonchev–Trinajstić information content (AvgIpc) is 3.17. The lowest BCUT2D eigenvalue weighted by Crippen LogP contribution is -2.38. The Balaban J connectivity index is 1.69. The summed E-state index contributed by atoms with van der Waals surface area (Å²) in [5.74, 6) is 1.28. The van der Waals surface area contributed by atoms with Gasteiger partial charge in [0.15, 0.2) is 5.82 Å². The smallest absolute Gasteiger partial charge is 0.317 e. The van der Waals surface area contributed by atoms with Crippen LogP contribution in [0.5, 0.6) is 0 Å². The number of hydrogen-bond donors (Lipinski definition) is 1. The zero-order valence-electron chi connectivity index (χ0n) is 11.8. The van der Waals surface area contributed by atoms with E-state index >= 15 is 0 Å². The first-order valence-corrected chi connectivity index (χ1v) is 7.04. The van der Waals surface area contributed by atoms with E-state index in [-0.39, 0.29) is 11.9 Å². The van der Waals surface area contributed by atoms with E-state index in [0.717, 1.165) is 18.5 Å². The number of carbonyl (C=O) groups excluding carboxylic acids is 1. The Kier molecular flexibility index (Phi) is 3.81. The first-order chi connectivity index (χ1) is 10.3. The maximum atomic E-state index is 11.8. The van der Waals surface area contributed by atoms with Crippen molar-refractivity contribution in [3.05, 3.63) is 30.4 Å². The molecule has 1 atom stereocenters. The summed E-state index contributed by atoms with van der Waals surface area (Å²) in [7, 11) is 0. The molecular weight excluding hydrogens is 270 g/mol. The molecule has 110 valence electrons. The number of aromatic nitrogens is 3. The van der Waals surface area contributed by atoms with Gasteiger partial charge in [-0.1, -0.05) is 5.16 Å². The molecule has 0 aliphatic carbocycles. The quantitative estimate of drug-likeness (QED) is 0.928. The van der Waals surface area contributed by atoms with Crippen LogP contribution in [-0.2, 0) is 0 Å². The van der Waals surface area contributed by atoms with Gasteiger partial charge in [-0.3, -0.25) is 4.98 Å². The van der Waals surface area contributed by atoms with Crippen LogP contribution in [0.2, 0.25) is 0 Å². The third-order valence-electron chi connectivity index (χ3n) is 3.54. The number of carbonyl (C=O) groups is 1. The van der Waals surface area contributed by atoms with Crippen LogP contribution in [0.3, 0.4) is 0 Å². The fourth-order valence-electron chi connectivity index (χ4n) is 2.43. The number of pyridine rings is 1. The lowest BCUT2D eigenvalue weighted by Gasteiger charge is -2.15. The van der Waals surface area contributed by atoms with Crippen molar-refractivity contribution in [2.75, 3.05) is 19.6 Å². The largest absolute Gasteiger partial charge is 0.338 e. The highest BCUT2D eigenvalue weighted by molar-refractivity contribution is 5.74. The lowest BCUT2D eigenvalue weighted by molar-refractivity contribution is 0.208. The second kappa shape index (κ2) is 5.90. The van der Waals surface area contributed by atoms with E-state index in [1.54, 1.807) is 17.3 Å². The van der Waals surface area contributed by atoms with E-state index in [4.69, 9.17) is 4.52 Å². The van der Waals surface area contributed by atoms with Crippen LogP contribution < -0.4 is 5.32 Å². The number of hydrogen-bond acceptors (Lipinski definition) is 5. The molecule has 1 saturated heterocycles. The van der Waals surface area contributed by atoms with Crippen molar-refractivity contribution >= 4 is 6.03 Å². The highest BCUT2D eigenvalue weighted by Gasteiger charge is 2.30. The monoisotopic (exact) mass is 287 g/mol. The molecule has 7 heteroatoms. The molecule has 7 nitrogen and oxygen atoms in total. The Morgan fingerprint density at radius 2 is 2.29 bits per heavy atom. The van der Waals surface area contributed by atoms with E-state index in [1.807, 2.05) is 19.1 Å². The Hall–Kier alpha value is -2.44. The van der Waals surface area contributed by atoms with Crippen LogP contribution in [0.1, 0.15) is 25.1 Å². The second-order valence-electron chi connectivity index (χ2n) is 4.96. The molecule has 21 heavy (non-hydrogen) atoms. The highest BCUT2D eigenvalue weighted by Crippen LogP contribution is 2.27. The summed E-state index contributed by atoms with van der Waals surface area (Å²) in [5, 5.41) is 6.86. The van der Waals surface area contributed by atoms with Gasteiger partial charge in [-0.05, 0) is 25.5 Å². The molecule has 0 aromatic carbocycles. The molecule has 1 fully saturated rings. The molecule has 2 aromatic heterocycles. The molecule has 0 radical (unpaired) electrons. The predicted octanol–water partition coefficient (Wildman–Crippen LogP) is 1.65. The summed E-state index contributed by atoms with van der Waals surface area (Å²) in [6.07, 6.45) is 4.23. The molecule has 1 unspecified atom stereocenters. The second-order valence-corrected chi connectivity index (χ2v) is 4.96. The molecule has 2 amide bonds. The molecule has 3 heterocycles. The summed E-state index contributed by atoms with van der Waals surface area (Å²) in [4.78, 5) is 22.0. The van der Waals surface area contributed by atoms with E-state index in [2.05, 4.69) is 20.4 Å². The molecule has 0 saturated carbocycles. The molecule has 0 bridgehead atoms. The molecule has 0 spiro atoms. The minimum absolute atomic E-state index is 0.0298. The van der Waals surface area contributed by atoms with Gasteiger partial charge in [0.2, 0.25) is 0 Å². The normalized spacial score (nSPS) is 18.0. The Bertz CT molecular complexity index is 613. The maximum absolute atomic E-state index is 11.8. The van der Waals surface area contributed by atoms with E-state index in [1.165, 1.54) is 0 Å². The Labute approximate surface area is 122 Å². The fourth-order valence-corrected chi connectivity index (χ4v) is 2.43. The van der Waals surface area contributed by atoms with Crippen LogP contribution in [0.25, 0.3) is 11.5 Å². The Morgan fingerprint density at radius 1 is 1.48 bits per heavy atom. The van der Waals surface area contributed by atoms with Gasteiger partial charge in [0.1, 0.15) is 0 Å². The van der Waals surface area contributed by atoms with E-state index in [9.17, 15) is 4.79 Å². The van der Waals surface area contributed by atoms with Gasteiger partial charge in [-0.2, -0.15) is 4.98 Å². The van der Waals surface area contributed by atoms with Crippen molar-refractivity contribution in [3.63, 3.8) is 0 Å². The van der Waals surface area contributed by atoms with Crippen molar-refractivity contribution in [2.24, 2.45) is 0 Å². The van der Waals surface area contributed by atoms with Crippen LogP contribution in [0.4, 0.5) is 4.79 Å². The minimum atomic E-state index is -0.0298. The summed E-state index contributed by atoms with van der Waals surface area (Å²) >= 11 is 0. The topological polar surface area (TPSA) is 84.2 Å². The van der Waals surface area contributed by atoms with Gasteiger partial charge in [0.05, 0.1) is 0 Å². The average molecular weight is 287 g/mol. The number of nitrogens with one attached hydrogen (secondary N) is 1. The summed E-state index contributed by atoms with van der Waals surface area (Å²) in [5.41, 5.74) is 0.849. The van der Waals surface area contributed by atoms with Crippen LogP contribution >= 0.6 is 0 Å². The molecule has 1 aliphatic rings. The van der Waals surface area contributed by atoms with Crippen LogP contribution in [0.15, 0.2) is 29.0 Å². The number of amides is 2. The van der Waals surface area contributed by atoms with Gasteiger partial charge < -0.3 is 14.7 Å². The van der Waals surface area contributed by atoms with Gasteiger partial charge in [-0.25, -0.2) is 4.79 Å². The maximum Gasteiger partial charge on any atom is 0.317 e. The number of urea groups is 1. The summed E-state index contributed by atoms with van der Waals surface area (Å²) in [6, 6.07) is 3.62. The standard InChI is InChI=1S/C14H17N5O2/c1-2-16-14(20)19-8-5-11(9-19)12-17-13(21-18-12)10-3-6-15-7-4-10/h3-4,6-7,11H,2,5,8-9H2,1H3,(H,16,20). The van der Waals surface area contributed by atoms with E-state index < -0.39 is 0 Å². The Morgan fingerprint density at radius 3 is 3.05 bits per heavy atom. The van der Waals surface area contributed by atoms with Crippen molar-refractivity contribution in [2.45, 2.75) is 19.3 Å². The van der Waals surface area contributed by atoms with Gasteiger partial charge in [0.25, 0.3) is 5.89 Å². The van der Waals surface area contributed by atoms with Gasteiger partial charge in [0, 0.05) is 43.5 Å². The van der Waals surface area contributed by atoms with Gasteiger partial charge in [-0.15, -0.1) is 0 Å². The van der Waals surface area contributed by atoms with Crippen molar-refractivity contribution in [1.82, 2.24) is 25.3 Å². The van der Waals surface area contributed by atoms with Crippen molar-refractivity contribution in [1.29, 1.82) is 0 Å². The first kappa shape index (κ1) is 13.5. The third-order valence-corrected chi connectivity index (χ3v) is 3.54. The molecule has 2 aromatic rings. The first-order valence-electron chi connectivity index (χ1n) is 7.04. The third kappa shape index (κ3) is 2.86. The van der Waals surface area contributed by atoms with Crippen LogP contribution in [0, 0.1) is 0 Å². The number of likely N-dealkylation sites (tertiary alicyclic amines) is 1. The lowest BCUT2D eigenvalue weighted by atomic mass is 10.1. The summed E-state index contributed by atoms with van der Waals surface area (Å²) < 4.78 is 5.30. The van der Waals surface area contributed by atoms with Gasteiger partial charge >= 0.3 is 6.03 Å². The van der Waals surface area contributed by atoms with Crippen LogP contribution in [-0.4, -0.2) is 45.7 Å². The molecular formula is C14H17N5O2. The summed E-state index contributed by atoms with van der Waals surface area (Å²) in [6.45, 7) is 3.89. The highest BCUT2D eigenvalue weighted by atomic mass is 16.5. The number of rotatable bonds is 3. The number of nitrogens with zero attached hydrogens (tertiary/aromatic N) is 4. The fraction of sp³-hybridized carbons (Fsp3) is 0.429. The minimum Gasteiger partial charge on any atom is -0.338 e. The SMILES string of the molecule is CCNC(=O)N1CCC(c2noc(-c3ccncc3)n2)C1. The molecule has 1 N–H and O–H groups in total. The van der Waals surface area contributed by atoms with Crippen molar-refractivity contribution in [3.8, 4) is 11.5 Å². The zero-order valence-corrected chi connectivity index (χ0v) is 11.8. The zero-order chi connectivity index (χ0) is 14.7. The van der Waals surface area contributed by atoms with E-state index in [0.29, 0.717) is 24.8 Å². The molecule has 3 rings (SSSR count).